The van der Waals surface area contributed by atoms with Crippen molar-refractivity contribution in [2.24, 2.45) is 5.73 Å². The zero-order valence-electron chi connectivity index (χ0n) is 13.3. The van der Waals surface area contributed by atoms with Crippen molar-refractivity contribution in [1.29, 1.82) is 0 Å². The number of aliphatic hydroxyl groups excluding tert-OH is 3. The van der Waals surface area contributed by atoms with Gasteiger partial charge in [-0.15, -0.1) is 5.10 Å². The number of ether oxygens (including phenoxy) is 1. The quantitative estimate of drug-likeness (QED) is 0.488. The lowest BCUT2D eigenvalue weighted by Crippen LogP contribution is -2.33. The van der Waals surface area contributed by atoms with E-state index in [2.05, 4.69) is 21.9 Å². The van der Waals surface area contributed by atoms with E-state index in [1.165, 1.54) is 18.2 Å². The molecule has 1 amide bonds. The number of halogens is 1. The minimum absolute atomic E-state index is 0.0869. The molecule has 4 atom stereocenters. The number of aliphatic hydroxyl groups is 3. The average molecular weight is 362 g/mol. The number of nitrogens with zero attached hydrogens (tertiary/aromatic N) is 3. The van der Waals surface area contributed by atoms with Gasteiger partial charge >= 0.3 is 0 Å². The van der Waals surface area contributed by atoms with Crippen LogP contribution < -0.4 is 5.73 Å². The molecule has 0 aliphatic carbocycles. The second kappa shape index (κ2) is 7.19. The lowest BCUT2D eigenvalue weighted by Gasteiger charge is -2.15. The van der Waals surface area contributed by atoms with Crippen molar-refractivity contribution in [2.45, 2.75) is 24.5 Å². The Morgan fingerprint density at radius 3 is 2.65 bits per heavy atom. The third kappa shape index (κ3) is 3.29. The topological polar surface area (TPSA) is 144 Å². The van der Waals surface area contributed by atoms with E-state index >= 15 is 0 Å². The van der Waals surface area contributed by atoms with E-state index in [0.717, 1.165) is 4.68 Å². The Balaban J connectivity index is 2.01. The van der Waals surface area contributed by atoms with Gasteiger partial charge in [-0.1, -0.05) is 18.1 Å². The number of nitrogens with two attached hydrogens (primary N) is 1. The molecule has 1 fully saturated rings. The maximum atomic E-state index is 13.7. The van der Waals surface area contributed by atoms with Gasteiger partial charge in [-0.3, -0.25) is 4.79 Å². The Hall–Kier alpha value is -2.84. The van der Waals surface area contributed by atoms with Crippen LogP contribution in [0.15, 0.2) is 24.3 Å². The van der Waals surface area contributed by atoms with Crippen LogP contribution in [0.2, 0.25) is 0 Å². The molecule has 10 heteroatoms. The summed E-state index contributed by atoms with van der Waals surface area (Å²) in [6, 6.07) is 5.78. The number of carbonyl (C=O) groups excluding carboxylic acids is 1. The molecule has 0 spiro atoms. The highest BCUT2D eigenvalue weighted by molar-refractivity contribution is 5.88. The van der Waals surface area contributed by atoms with Crippen LogP contribution in [0.1, 0.15) is 28.2 Å². The van der Waals surface area contributed by atoms with Crippen molar-refractivity contribution in [3.63, 3.8) is 0 Å². The van der Waals surface area contributed by atoms with Gasteiger partial charge < -0.3 is 25.8 Å². The highest BCUT2D eigenvalue weighted by Crippen LogP contribution is 2.29. The molecule has 0 radical (unpaired) electrons. The number of primary amides is 1. The molecule has 136 valence electrons. The molecule has 9 nitrogen and oxygen atoms in total. The van der Waals surface area contributed by atoms with E-state index in [0.29, 0.717) is 0 Å². The summed E-state index contributed by atoms with van der Waals surface area (Å²) >= 11 is 0. The van der Waals surface area contributed by atoms with Crippen LogP contribution in [-0.2, 0) is 4.74 Å². The van der Waals surface area contributed by atoms with Crippen molar-refractivity contribution in [3.8, 4) is 11.8 Å². The summed E-state index contributed by atoms with van der Waals surface area (Å²) in [7, 11) is 0. The van der Waals surface area contributed by atoms with Crippen molar-refractivity contribution < 1.29 is 29.2 Å². The summed E-state index contributed by atoms with van der Waals surface area (Å²) in [5, 5.41) is 33.0. The molecule has 1 saturated heterocycles. The lowest BCUT2D eigenvalue weighted by atomic mass is 10.1. The van der Waals surface area contributed by atoms with Gasteiger partial charge in [-0.05, 0) is 18.1 Å². The molecule has 1 aliphatic rings. The van der Waals surface area contributed by atoms with Gasteiger partial charge in [0, 0.05) is 0 Å². The number of hydrogen-bond acceptors (Lipinski definition) is 7. The molecule has 1 aliphatic heterocycles. The van der Waals surface area contributed by atoms with Crippen LogP contribution in [-0.4, -0.2) is 60.9 Å². The van der Waals surface area contributed by atoms with Gasteiger partial charge in [0.25, 0.3) is 5.91 Å². The number of carbonyl (C=O) groups is 1. The van der Waals surface area contributed by atoms with E-state index in [1.807, 2.05) is 0 Å². The molecule has 2 unspecified atom stereocenters. The number of benzene rings is 1. The van der Waals surface area contributed by atoms with Crippen LogP contribution in [0.25, 0.3) is 0 Å². The number of aromatic nitrogens is 3. The summed E-state index contributed by atoms with van der Waals surface area (Å²) in [6.45, 7) is -0.539. The molecule has 3 rings (SSSR count). The first-order valence-electron chi connectivity index (χ1n) is 7.57. The largest absolute Gasteiger partial charge is 0.394 e. The molecular formula is C16H15FN4O5. The van der Waals surface area contributed by atoms with Gasteiger partial charge in [0.2, 0.25) is 11.6 Å². The second-order valence-electron chi connectivity index (χ2n) is 5.53. The Bertz CT molecular complexity index is 890. The first kappa shape index (κ1) is 18.0. The summed E-state index contributed by atoms with van der Waals surface area (Å²) in [6.07, 6.45) is -5.14. The zero-order chi connectivity index (χ0) is 18.8. The van der Waals surface area contributed by atoms with Crippen molar-refractivity contribution in [3.05, 3.63) is 47.3 Å². The number of rotatable bonds is 3. The average Bonchev–Trinajstić information content (AvgIpc) is 3.16. The van der Waals surface area contributed by atoms with Crippen molar-refractivity contribution in [2.75, 3.05) is 6.61 Å². The van der Waals surface area contributed by atoms with Gasteiger partial charge in [0.15, 0.2) is 6.23 Å². The Labute approximate surface area is 146 Å². The Morgan fingerprint density at radius 2 is 2.04 bits per heavy atom. The molecule has 0 saturated carbocycles. The summed E-state index contributed by atoms with van der Waals surface area (Å²) < 4.78 is 20.0. The molecule has 1 aromatic heterocycles. The van der Waals surface area contributed by atoms with E-state index in [-0.39, 0.29) is 17.2 Å². The van der Waals surface area contributed by atoms with Crippen molar-refractivity contribution >= 4 is 5.91 Å². The lowest BCUT2D eigenvalue weighted by molar-refractivity contribution is -0.0592. The Morgan fingerprint density at radius 1 is 1.31 bits per heavy atom. The van der Waals surface area contributed by atoms with Crippen LogP contribution in [0.5, 0.6) is 0 Å². The standard InChI is InChI=1S/C16H15FN4O5/c17-9-4-2-1-3-8(9)5-6-11-19-15(14(18)25)20-21(11)16-13(24)12(23)10(7-22)26-16/h1-4,10,12-13,16,22-24H,7H2,(H2,18,25)/t10?,12-,13-,16?/m0/s1. The summed E-state index contributed by atoms with van der Waals surface area (Å²) in [5.41, 5.74) is 5.25. The monoisotopic (exact) mass is 362 g/mol. The smallest absolute Gasteiger partial charge is 0.288 e. The maximum absolute atomic E-state index is 13.7. The molecular weight excluding hydrogens is 347 g/mol. The van der Waals surface area contributed by atoms with Crippen molar-refractivity contribution in [1.82, 2.24) is 14.8 Å². The molecule has 5 N–H and O–H groups in total. The van der Waals surface area contributed by atoms with Gasteiger partial charge in [0.05, 0.1) is 12.2 Å². The second-order valence-corrected chi connectivity index (χ2v) is 5.53. The van der Waals surface area contributed by atoms with Crippen LogP contribution in [0.3, 0.4) is 0 Å². The van der Waals surface area contributed by atoms with E-state index in [4.69, 9.17) is 10.5 Å². The van der Waals surface area contributed by atoms with Crippen LogP contribution in [0.4, 0.5) is 4.39 Å². The normalized spacial score (nSPS) is 24.9. The van der Waals surface area contributed by atoms with E-state index < -0.39 is 42.9 Å². The highest BCUT2D eigenvalue weighted by atomic mass is 19.1. The first-order valence-corrected chi connectivity index (χ1v) is 7.57. The third-order valence-corrected chi connectivity index (χ3v) is 3.79. The number of hydrogen-bond donors (Lipinski definition) is 4. The highest BCUT2D eigenvalue weighted by Gasteiger charge is 2.44. The molecule has 2 aromatic rings. The minimum Gasteiger partial charge on any atom is -0.394 e. The minimum atomic E-state index is -1.46. The fraction of sp³-hybridized carbons (Fsp3) is 0.312. The zero-order valence-corrected chi connectivity index (χ0v) is 13.3. The first-order chi connectivity index (χ1) is 12.4. The SMILES string of the molecule is NC(=O)c1nc(C#Cc2ccccc2F)n(C2OC(CO)[C@H](O)[C@@H]2O)n1. The molecule has 2 heterocycles. The fourth-order valence-electron chi connectivity index (χ4n) is 2.46. The van der Waals surface area contributed by atoms with E-state index in [9.17, 15) is 24.5 Å². The summed E-state index contributed by atoms with van der Waals surface area (Å²) in [4.78, 5) is 15.2. The number of amides is 1. The third-order valence-electron chi connectivity index (χ3n) is 3.79. The molecule has 0 bridgehead atoms. The molecule has 1 aromatic carbocycles. The van der Waals surface area contributed by atoms with Crippen LogP contribution >= 0.6 is 0 Å². The van der Waals surface area contributed by atoms with Gasteiger partial charge in [-0.25, -0.2) is 9.07 Å². The summed E-state index contributed by atoms with van der Waals surface area (Å²) in [5.74, 6) is 3.09. The van der Waals surface area contributed by atoms with Crippen LogP contribution in [0, 0.1) is 17.7 Å². The predicted octanol–water partition coefficient (Wildman–Crippen LogP) is -1.47. The van der Waals surface area contributed by atoms with Gasteiger partial charge in [0.1, 0.15) is 24.1 Å². The predicted molar refractivity (Wildman–Crippen MR) is 83.9 cm³/mol. The van der Waals surface area contributed by atoms with Gasteiger partial charge in [-0.2, -0.15) is 4.98 Å². The van der Waals surface area contributed by atoms with E-state index in [1.54, 1.807) is 6.07 Å². The molecule has 26 heavy (non-hydrogen) atoms. The fourth-order valence-corrected chi connectivity index (χ4v) is 2.46. The maximum Gasteiger partial charge on any atom is 0.288 e. The Kier molecular flexibility index (Phi) is 4.97.